The molecular formula is C26H29N3O3. The van der Waals surface area contributed by atoms with E-state index in [9.17, 15) is 14.4 Å². The minimum Gasteiger partial charge on any atom is -0.376 e. The molecule has 0 spiro atoms. The summed E-state index contributed by atoms with van der Waals surface area (Å²) in [6.45, 7) is 6.31. The lowest BCUT2D eigenvalue weighted by Crippen LogP contribution is -2.45. The number of piperidine rings is 1. The maximum atomic E-state index is 12.6. The van der Waals surface area contributed by atoms with Gasteiger partial charge in [-0.15, -0.1) is 0 Å². The topological polar surface area (TPSA) is 78.5 Å². The number of para-hydroxylation sites is 1. The van der Waals surface area contributed by atoms with E-state index in [4.69, 9.17) is 0 Å². The van der Waals surface area contributed by atoms with Gasteiger partial charge in [-0.25, -0.2) is 0 Å². The van der Waals surface area contributed by atoms with Gasteiger partial charge in [0.05, 0.1) is 0 Å². The van der Waals surface area contributed by atoms with Crippen LogP contribution in [0.1, 0.15) is 48.2 Å². The maximum absolute atomic E-state index is 12.6. The number of hydrogen-bond donors (Lipinski definition) is 2. The molecule has 1 saturated heterocycles. The molecule has 2 N–H and O–H groups in total. The van der Waals surface area contributed by atoms with Crippen LogP contribution in [0.4, 0.5) is 17.1 Å². The summed E-state index contributed by atoms with van der Waals surface area (Å²) in [6.07, 6.45) is 2.91. The number of carbonyl (C=O) groups excluding carboxylic acids is 1. The Balaban J connectivity index is 1.39. The van der Waals surface area contributed by atoms with Crippen molar-refractivity contribution in [3.8, 4) is 0 Å². The Morgan fingerprint density at radius 1 is 1.00 bits per heavy atom. The fourth-order valence-corrected chi connectivity index (χ4v) is 4.19. The van der Waals surface area contributed by atoms with Crippen molar-refractivity contribution in [1.82, 2.24) is 0 Å². The summed E-state index contributed by atoms with van der Waals surface area (Å²) in [6, 6.07) is 15.0. The highest BCUT2D eigenvalue weighted by atomic mass is 16.2. The zero-order valence-electron chi connectivity index (χ0n) is 18.6. The Hall–Kier alpha value is -3.41. The van der Waals surface area contributed by atoms with E-state index in [0.29, 0.717) is 29.4 Å². The molecule has 1 amide bonds. The first-order chi connectivity index (χ1) is 15.5. The van der Waals surface area contributed by atoms with E-state index in [1.54, 1.807) is 12.1 Å². The van der Waals surface area contributed by atoms with Crippen LogP contribution in [0.3, 0.4) is 0 Å². The molecule has 6 nitrogen and oxygen atoms in total. The van der Waals surface area contributed by atoms with E-state index in [1.807, 2.05) is 41.3 Å². The number of nitrogens with zero attached hydrogens (tertiary/aromatic N) is 1. The van der Waals surface area contributed by atoms with Gasteiger partial charge in [0.25, 0.3) is 16.8 Å². The number of aryl methyl sites for hydroxylation is 1. The van der Waals surface area contributed by atoms with Crippen LogP contribution in [0, 0.1) is 5.92 Å². The first-order valence-electron chi connectivity index (χ1n) is 11.3. The predicted molar refractivity (Wildman–Crippen MR) is 130 cm³/mol. The summed E-state index contributed by atoms with van der Waals surface area (Å²) >= 11 is 0. The molecule has 0 saturated carbocycles. The Bertz CT molecular complexity index is 1170. The van der Waals surface area contributed by atoms with Crippen molar-refractivity contribution in [3.63, 3.8) is 0 Å². The summed E-state index contributed by atoms with van der Waals surface area (Å²) in [4.78, 5) is 38.9. The fourth-order valence-electron chi connectivity index (χ4n) is 4.19. The zero-order chi connectivity index (χ0) is 22.7. The van der Waals surface area contributed by atoms with Gasteiger partial charge in [-0.2, -0.15) is 0 Å². The average Bonchev–Trinajstić information content (AvgIpc) is 2.82. The fraction of sp³-hybridized carbons (Fsp3) is 0.346. The Labute approximate surface area is 188 Å². The van der Waals surface area contributed by atoms with Crippen molar-refractivity contribution in [3.05, 3.63) is 85.7 Å². The first-order valence-corrected chi connectivity index (χ1v) is 11.3. The summed E-state index contributed by atoms with van der Waals surface area (Å²) in [5, 5.41) is 6.12. The first kappa shape index (κ1) is 21.8. The van der Waals surface area contributed by atoms with E-state index in [0.717, 1.165) is 49.2 Å². The van der Waals surface area contributed by atoms with Crippen molar-refractivity contribution in [2.75, 3.05) is 28.6 Å². The summed E-state index contributed by atoms with van der Waals surface area (Å²) in [7, 11) is 0. The van der Waals surface area contributed by atoms with Crippen LogP contribution in [0.2, 0.25) is 0 Å². The van der Waals surface area contributed by atoms with Crippen molar-refractivity contribution < 1.29 is 4.79 Å². The number of benzene rings is 2. The van der Waals surface area contributed by atoms with Gasteiger partial charge >= 0.3 is 0 Å². The van der Waals surface area contributed by atoms with Gasteiger partial charge in [0.2, 0.25) is 0 Å². The molecule has 1 heterocycles. The van der Waals surface area contributed by atoms with E-state index in [1.165, 1.54) is 0 Å². The van der Waals surface area contributed by atoms with Gasteiger partial charge < -0.3 is 15.5 Å². The third kappa shape index (κ3) is 4.44. The summed E-state index contributed by atoms with van der Waals surface area (Å²) in [5.74, 6) is 0.495. The van der Waals surface area contributed by atoms with Crippen LogP contribution in [-0.4, -0.2) is 19.0 Å². The average molecular weight is 432 g/mol. The highest BCUT2D eigenvalue weighted by molar-refractivity contribution is 6.04. The SMILES string of the molecule is CCc1ccccc1NC(=O)c1ccc(CNc2c(N3CCC(C)CC3)c(=O)c2=O)cc1. The lowest BCUT2D eigenvalue weighted by molar-refractivity contribution is 0.102. The molecule has 1 fully saturated rings. The van der Waals surface area contributed by atoms with Gasteiger partial charge in [-0.05, 0) is 54.5 Å². The van der Waals surface area contributed by atoms with Crippen molar-refractivity contribution in [1.29, 1.82) is 0 Å². The number of amides is 1. The van der Waals surface area contributed by atoms with Crippen LogP contribution in [0.25, 0.3) is 0 Å². The standard InChI is InChI=1S/C26H29N3O3/c1-3-19-6-4-5-7-21(19)28-26(32)20-10-8-18(9-11-20)16-27-22-23(25(31)24(22)30)29-14-12-17(2)13-15-29/h4-11,17,27H,3,12-16H2,1-2H3,(H,28,32). The van der Waals surface area contributed by atoms with Gasteiger partial charge in [-0.3, -0.25) is 14.4 Å². The molecule has 0 atom stereocenters. The number of rotatable bonds is 7. The Morgan fingerprint density at radius 2 is 1.69 bits per heavy atom. The van der Waals surface area contributed by atoms with Crippen LogP contribution >= 0.6 is 0 Å². The Kier molecular flexibility index (Phi) is 6.40. The summed E-state index contributed by atoms with van der Waals surface area (Å²) < 4.78 is 0. The summed E-state index contributed by atoms with van der Waals surface area (Å²) in [5.41, 5.74) is 3.54. The largest absolute Gasteiger partial charge is 0.376 e. The molecule has 0 bridgehead atoms. The molecule has 166 valence electrons. The van der Waals surface area contributed by atoms with E-state index < -0.39 is 5.43 Å². The van der Waals surface area contributed by atoms with Crippen molar-refractivity contribution in [2.24, 2.45) is 5.92 Å². The molecule has 0 unspecified atom stereocenters. The number of carbonyl (C=O) groups is 1. The maximum Gasteiger partial charge on any atom is 0.255 e. The van der Waals surface area contributed by atoms with Gasteiger partial charge in [0, 0.05) is 30.9 Å². The number of nitrogens with one attached hydrogen (secondary N) is 2. The van der Waals surface area contributed by atoms with Gasteiger partial charge in [0.1, 0.15) is 11.4 Å². The second-order valence-electron chi connectivity index (χ2n) is 8.57. The predicted octanol–water partition coefficient (Wildman–Crippen LogP) is 3.95. The van der Waals surface area contributed by atoms with Crippen LogP contribution in [0.15, 0.2) is 58.1 Å². The Morgan fingerprint density at radius 3 is 2.38 bits per heavy atom. The molecule has 0 aliphatic carbocycles. The lowest BCUT2D eigenvalue weighted by atomic mass is 9.98. The molecular weight excluding hydrogens is 402 g/mol. The monoisotopic (exact) mass is 431 g/mol. The molecule has 32 heavy (non-hydrogen) atoms. The second-order valence-corrected chi connectivity index (χ2v) is 8.57. The second kappa shape index (κ2) is 9.39. The van der Waals surface area contributed by atoms with Gasteiger partial charge in [0.15, 0.2) is 0 Å². The van der Waals surface area contributed by atoms with Crippen LogP contribution in [0.5, 0.6) is 0 Å². The quantitative estimate of drug-likeness (QED) is 0.554. The molecule has 3 aromatic rings. The van der Waals surface area contributed by atoms with Crippen molar-refractivity contribution in [2.45, 2.75) is 39.7 Å². The number of anilines is 3. The van der Waals surface area contributed by atoms with E-state index in [-0.39, 0.29) is 11.3 Å². The molecule has 1 aliphatic rings. The minimum atomic E-state index is -0.441. The molecule has 0 aromatic heterocycles. The van der Waals surface area contributed by atoms with Crippen molar-refractivity contribution >= 4 is 23.0 Å². The highest BCUT2D eigenvalue weighted by Gasteiger charge is 2.28. The van der Waals surface area contributed by atoms with Crippen LogP contribution < -0.4 is 26.4 Å². The van der Waals surface area contributed by atoms with Crippen LogP contribution in [-0.2, 0) is 13.0 Å². The molecule has 3 aromatic carbocycles. The number of hydrogen-bond acceptors (Lipinski definition) is 5. The third-order valence-electron chi connectivity index (χ3n) is 6.32. The zero-order valence-corrected chi connectivity index (χ0v) is 18.6. The smallest absolute Gasteiger partial charge is 0.255 e. The highest BCUT2D eigenvalue weighted by Crippen LogP contribution is 2.26. The van der Waals surface area contributed by atoms with E-state index >= 15 is 0 Å². The van der Waals surface area contributed by atoms with E-state index in [2.05, 4.69) is 24.5 Å². The minimum absolute atomic E-state index is 0.158. The third-order valence-corrected chi connectivity index (χ3v) is 6.32. The molecule has 4 rings (SSSR count). The normalized spacial score (nSPS) is 14.5. The molecule has 6 heteroatoms. The van der Waals surface area contributed by atoms with Gasteiger partial charge in [-0.1, -0.05) is 44.2 Å². The molecule has 0 radical (unpaired) electrons. The molecule has 1 aliphatic heterocycles. The lowest BCUT2D eigenvalue weighted by Gasteiger charge is -2.33.